The first kappa shape index (κ1) is 10.0. The Bertz CT molecular complexity index is 66.7. The van der Waals surface area contributed by atoms with Crippen molar-refractivity contribution in [2.75, 3.05) is 0 Å². The van der Waals surface area contributed by atoms with E-state index in [4.69, 9.17) is 0 Å². The Morgan fingerprint density at radius 1 is 1.57 bits per heavy atom. The van der Waals surface area contributed by atoms with Crippen LogP contribution in [0.4, 0.5) is 8.78 Å². The minimum atomic E-state index is -3.01. The van der Waals surface area contributed by atoms with E-state index < -0.39 is 12.3 Å². The van der Waals surface area contributed by atoms with Gasteiger partial charge in [-0.2, -0.15) is 8.78 Å². The van der Waals surface area contributed by atoms with Crippen LogP contribution in [0.15, 0.2) is 0 Å². The average molecular weight is 103 g/mol. The van der Waals surface area contributed by atoms with Crippen molar-refractivity contribution >= 4 is 24.8 Å². The molecule has 0 aliphatic heterocycles. The quantitative estimate of drug-likeness (QED) is 0.429. The molecular formula is C2H4F2LiNO. The van der Waals surface area contributed by atoms with Crippen molar-refractivity contribution in [2.45, 2.75) is 6.43 Å². The minimum absolute atomic E-state index is 0. The monoisotopic (exact) mass is 103 g/mol. The zero-order valence-corrected chi connectivity index (χ0v) is 2.82. The molecule has 2 nitrogen and oxygen atoms in total. The summed E-state index contributed by atoms with van der Waals surface area (Å²) in [7, 11) is 0. The molecule has 0 aromatic carbocycles. The van der Waals surface area contributed by atoms with Gasteiger partial charge in [0.1, 0.15) is 0 Å². The van der Waals surface area contributed by atoms with Crippen LogP contribution in [0.3, 0.4) is 0 Å². The number of nitrogens with two attached hydrogens (primary N) is 1. The number of primary amides is 1. The SMILES string of the molecule is NC(=O)C(F)F.[LiH]. The van der Waals surface area contributed by atoms with Gasteiger partial charge in [0.25, 0.3) is 5.91 Å². The molecule has 2 N–H and O–H groups in total. The summed E-state index contributed by atoms with van der Waals surface area (Å²) in [6.45, 7) is 0. The van der Waals surface area contributed by atoms with Crippen LogP contribution < -0.4 is 5.73 Å². The Kier molecular flexibility index (Phi) is 5.87. The zero-order valence-electron chi connectivity index (χ0n) is 2.82. The number of halogens is 2. The standard InChI is InChI=1S/C2H3F2NO.Li.H/c3-1(4)2(5)6;;/h1H,(H2,5,6);;. The Morgan fingerprint density at radius 3 is 1.71 bits per heavy atom. The second kappa shape index (κ2) is 4.10. The Morgan fingerprint density at radius 2 is 1.71 bits per heavy atom. The van der Waals surface area contributed by atoms with Crippen LogP contribution in [-0.2, 0) is 4.79 Å². The fraction of sp³-hybridized carbons (Fsp3) is 0.500. The topological polar surface area (TPSA) is 43.1 Å². The third kappa shape index (κ3) is 5.93. The first-order chi connectivity index (χ1) is 2.64. The fourth-order valence-corrected chi connectivity index (χ4v) is 0. The predicted octanol–water partition coefficient (Wildman–Crippen LogP) is -0.912. The summed E-state index contributed by atoms with van der Waals surface area (Å²) in [6.07, 6.45) is -3.01. The van der Waals surface area contributed by atoms with E-state index in [0.717, 1.165) is 0 Å². The maximum atomic E-state index is 10.7. The second-order valence-corrected chi connectivity index (χ2v) is 0.703. The van der Waals surface area contributed by atoms with Gasteiger partial charge in [0.15, 0.2) is 0 Å². The van der Waals surface area contributed by atoms with E-state index in [1.54, 1.807) is 0 Å². The second-order valence-electron chi connectivity index (χ2n) is 0.703. The molecule has 0 spiro atoms. The molecule has 5 heteroatoms. The third-order valence-electron chi connectivity index (χ3n) is 0.215. The summed E-state index contributed by atoms with van der Waals surface area (Å²) in [5.74, 6) is -1.57. The Balaban J connectivity index is 0. The first-order valence-corrected chi connectivity index (χ1v) is 1.22. The van der Waals surface area contributed by atoms with Gasteiger partial charge < -0.3 is 5.73 Å². The van der Waals surface area contributed by atoms with Crippen molar-refractivity contribution in [3.05, 3.63) is 0 Å². The van der Waals surface area contributed by atoms with Crippen molar-refractivity contribution in [2.24, 2.45) is 5.73 Å². The summed E-state index contributed by atoms with van der Waals surface area (Å²) in [6, 6.07) is 0. The van der Waals surface area contributed by atoms with Gasteiger partial charge in [0.2, 0.25) is 0 Å². The molecule has 0 fully saturated rings. The van der Waals surface area contributed by atoms with Gasteiger partial charge in [0, 0.05) is 0 Å². The zero-order chi connectivity index (χ0) is 5.15. The van der Waals surface area contributed by atoms with Gasteiger partial charge >= 0.3 is 25.3 Å². The molecule has 0 atom stereocenters. The molecule has 38 valence electrons. The number of hydrogen-bond donors (Lipinski definition) is 1. The summed E-state index contributed by atoms with van der Waals surface area (Å²) in [5.41, 5.74) is 4.05. The molecule has 0 rings (SSSR count). The Labute approximate surface area is 51.2 Å². The van der Waals surface area contributed by atoms with Crippen LogP contribution in [0.2, 0.25) is 0 Å². The van der Waals surface area contributed by atoms with E-state index in [1.165, 1.54) is 0 Å². The van der Waals surface area contributed by atoms with Crippen LogP contribution in [-0.4, -0.2) is 31.2 Å². The Hall–Kier alpha value is -0.0726. The summed E-state index contributed by atoms with van der Waals surface area (Å²) in [4.78, 5) is 9.17. The van der Waals surface area contributed by atoms with E-state index in [-0.39, 0.29) is 18.9 Å². The van der Waals surface area contributed by atoms with Gasteiger partial charge in [-0.1, -0.05) is 0 Å². The third-order valence-corrected chi connectivity index (χ3v) is 0.215. The molecular weight excluding hydrogens is 99.0 g/mol. The first-order valence-electron chi connectivity index (χ1n) is 1.22. The molecule has 0 aliphatic rings. The number of carbonyl (C=O) groups excluding carboxylic acids is 1. The van der Waals surface area contributed by atoms with Crippen molar-refractivity contribution in [3.8, 4) is 0 Å². The fourth-order valence-electron chi connectivity index (χ4n) is 0. The summed E-state index contributed by atoms with van der Waals surface area (Å²) >= 11 is 0. The molecule has 1 amide bonds. The van der Waals surface area contributed by atoms with Crippen LogP contribution in [0.25, 0.3) is 0 Å². The molecule has 7 heavy (non-hydrogen) atoms. The van der Waals surface area contributed by atoms with Gasteiger partial charge in [-0.25, -0.2) is 0 Å². The average Bonchev–Trinajstić information content (AvgIpc) is 1.36. The van der Waals surface area contributed by atoms with Gasteiger partial charge in [-0.3, -0.25) is 4.79 Å². The number of carbonyl (C=O) groups is 1. The van der Waals surface area contributed by atoms with E-state index in [2.05, 4.69) is 5.73 Å². The normalized spacial score (nSPS) is 7.86. The van der Waals surface area contributed by atoms with Crippen LogP contribution in [0.1, 0.15) is 0 Å². The van der Waals surface area contributed by atoms with E-state index >= 15 is 0 Å². The summed E-state index contributed by atoms with van der Waals surface area (Å²) in [5, 5.41) is 0. The molecule has 0 unspecified atom stereocenters. The number of alkyl halides is 2. The van der Waals surface area contributed by atoms with E-state index in [9.17, 15) is 13.6 Å². The molecule has 0 saturated carbocycles. The van der Waals surface area contributed by atoms with Gasteiger partial charge in [-0.05, 0) is 0 Å². The van der Waals surface area contributed by atoms with E-state index in [1.807, 2.05) is 0 Å². The van der Waals surface area contributed by atoms with Crippen LogP contribution >= 0.6 is 0 Å². The molecule has 0 aliphatic carbocycles. The van der Waals surface area contributed by atoms with E-state index in [0.29, 0.717) is 0 Å². The van der Waals surface area contributed by atoms with Gasteiger partial charge in [0.05, 0.1) is 0 Å². The maximum absolute atomic E-state index is 10.7. The number of hydrogen-bond acceptors (Lipinski definition) is 1. The number of rotatable bonds is 1. The number of amides is 1. The van der Waals surface area contributed by atoms with Crippen molar-refractivity contribution < 1.29 is 13.6 Å². The molecule has 0 bridgehead atoms. The molecule has 0 heterocycles. The molecule has 0 aromatic rings. The predicted molar refractivity (Wildman–Crippen MR) is 22.3 cm³/mol. The molecule has 0 saturated heterocycles. The van der Waals surface area contributed by atoms with Crippen molar-refractivity contribution in [1.82, 2.24) is 0 Å². The van der Waals surface area contributed by atoms with Crippen LogP contribution in [0, 0.1) is 0 Å². The van der Waals surface area contributed by atoms with Crippen LogP contribution in [0.5, 0.6) is 0 Å². The molecule has 0 radical (unpaired) electrons. The summed E-state index contributed by atoms with van der Waals surface area (Å²) < 4.78 is 21.4. The van der Waals surface area contributed by atoms with Crippen molar-refractivity contribution in [1.29, 1.82) is 0 Å². The van der Waals surface area contributed by atoms with Crippen molar-refractivity contribution in [3.63, 3.8) is 0 Å². The van der Waals surface area contributed by atoms with Gasteiger partial charge in [-0.15, -0.1) is 0 Å². The molecule has 0 aromatic heterocycles.